The first-order valence-electron chi connectivity index (χ1n) is 8.40. The van der Waals surface area contributed by atoms with Gasteiger partial charge in [0.15, 0.2) is 0 Å². The van der Waals surface area contributed by atoms with Crippen molar-refractivity contribution in [3.8, 4) is 11.6 Å². The van der Waals surface area contributed by atoms with Gasteiger partial charge in [-0.3, -0.25) is 4.90 Å². The molecule has 1 aliphatic rings. The Balaban J connectivity index is 1.67. The van der Waals surface area contributed by atoms with E-state index in [1.807, 2.05) is 14.0 Å². The van der Waals surface area contributed by atoms with Crippen molar-refractivity contribution in [1.29, 1.82) is 0 Å². The van der Waals surface area contributed by atoms with Crippen LogP contribution < -0.4 is 14.4 Å². The van der Waals surface area contributed by atoms with E-state index in [9.17, 15) is 4.39 Å². The Morgan fingerprint density at radius 3 is 2.48 bits per heavy atom. The molecule has 2 heterocycles. The van der Waals surface area contributed by atoms with Crippen molar-refractivity contribution in [1.82, 2.24) is 14.7 Å². The second kappa shape index (κ2) is 7.31. The highest BCUT2D eigenvalue weighted by Gasteiger charge is 2.23. The van der Waals surface area contributed by atoms with Gasteiger partial charge in [0.1, 0.15) is 11.6 Å². The van der Waals surface area contributed by atoms with Crippen LogP contribution in [-0.2, 0) is 13.6 Å². The van der Waals surface area contributed by atoms with Gasteiger partial charge in [-0.15, -0.1) is 0 Å². The molecule has 0 bridgehead atoms. The van der Waals surface area contributed by atoms with E-state index in [1.54, 1.807) is 25.0 Å². The summed E-state index contributed by atoms with van der Waals surface area (Å²) in [6.45, 7) is 6.39. The van der Waals surface area contributed by atoms with Crippen molar-refractivity contribution in [3.63, 3.8) is 0 Å². The van der Waals surface area contributed by atoms with Crippen LogP contribution in [0.4, 0.5) is 10.1 Å². The summed E-state index contributed by atoms with van der Waals surface area (Å²) in [5.41, 5.74) is 3.08. The zero-order valence-corrected chi connectivity index (χ0v) is 15.3. The zero-order chi connectivity index (χ0) is 18.0. The van der Waals surface area contributed by atoms with Gasteiger partial charge in [0.25, 0.3) is 0 Å². The summed E-state index contributed by atoms with van der Waals surface area (Å²) in [6, 6.07) is 4.71. The van der Waals surface area contributed by atoms with Crippen LogP contribution in [-0.4, -0.2) is 55.1 Å². The van der Waals surface area contributed by atoms with E-state index in [2.05, 4.69) is 14.9 Å². The number of nitrogens with zero attached hydrogens (tertiary/aromatic N) is 4. The lowest BCUT2D eigenvalue weighted by atomic mass is 10.2. The monoisotopic (exact) mass is 348 g/mol. The molecule has 6 nitrogen and oxygen atoms in total. The SMILES string of the molecule is COc1cc(F)ccc1N1CCN(Cc2c(C)nn(C)c2OC)CC1. The van der Waals surface area contributed by atoms with Crippen LogP contribution in [0, 0.1) is 12.7 Å². The van der Waals surface area contributed by atoms with E-state index in [-0.39, 0.29) is 5.82 Å². The third-order valence-electron chi connectivity index (χ3n) is 4.72. The molecule has 0 atom stereocenters. The van der Waals surface area contributed by atoms with Gasteiger partial charge in [0, 0.05) is 45.8 Å². The van der Waals surface area contributed by atoms with Gasteiger partial charge in [-0.1, -0.05) is 0 Å². The number of hydrogen-bond acceptors (Lipinski definition) is 5. The van der Waals surface area contributed by atoms with E-state index in [1.165, 1.54) is 12.1 Å². The maximum Gasteiger partial charge on any atom is 0.216 e. The summed E-state index contributed by atoms with van der Waals surface area (Å²) in [4.78, 5) is 4.63. The van der Waals surface area contributed by atoms with Gasteiger partial charge in [-0.05, 0) is 19.1 Å². The molecule has 0 spiro atoms. The molecule has 25 heavy (non-hydrogen) atoms. The maximum absolute atomic E-state index is 13.4. The van der Waals surface area contributed by atoms with Crippen LogP contribution in [0.1, 0.15) is 11.3 Å². The summed E-state index contributed by atoms with van der Waals surface area (Å²) in [5, 5.41) is 4.44. The summed E-state index contributed by atoms with van der Waals surface area (Å²) < 4.78 is 26.0. The fourth-order valence-electron chi connectivity index (χ4n) is 3.40. The molecule has 1 fully saturated rings. The number of methoxy groups -OCH3 is 2. The molecule has 0 unspecified atom stereocenters. The number of halogens is 1. The highest BCUT2D eigenvalue weighted by atomic mass is 19.1. The van der Waals surface area contributed by atoms with Gasteiger partial charge in [0.05, 0.1) is 31.2 Å². The second-order valence-corrected chi connectivity index (χ2v) is 6.28. The Morgan fingerprint density at radius 1 is 1.12 bits per heavy atom. The third-order valence-corrected chi connectivity index (χ3v) is 4.72. The van der Waals surface area contributed by atoms with Crippen LogP contribution in [0.3, 0.4) is 0 Å². The molecular formula is C18H25FN4O2. The Labute approximate surface area is 147 Å². The van der Waals surface area contributed by atoms with Crippen molar-refractivity contribution >= 4 is 5.69 Å². The van der Waals surface area contributed by atoms with Crippen LogP contribution >= 0.6 is 0 Å². The molecule has 1 aromatic heterocycles. The first-order chi connectivity index (χ1) is 12.0. The largest absolute Gasteiger partial charge is 0.494 e. The highest BCUT2D eigenvalue weighted by molar-refractivity contribution is 5.59. The minimum Gasteiger partial charge on any atom is -0.494 e. The normalized spacial score (nSPS) is 15.5. The van der Waals surface area contributed by atoms with Crippen molar-refractivity contribution in [2.75, 3.05) is 45.3 Å². The molecule has 7 heteroatoms. The number of aryl methyl sites for hydroxylation is 2. The number of aromatic nitrogens is 2. The fraction of sp³-hybridized carbons (Fsp3) is 0.500. The third kappa shape index (κ3) is 3.56. The molecule has 0 aliphatic carbocycles. The number of hydrogen-bond donors (Lipinski definition) is 0. The number of rotatable bonds is 5. The number of anilines is 1. The Morgan fingerprint density at radius 2 is 1.84 bits per heavy atom. The molecule has 1 aromatic carbocycles. The van der Waals surface area contributed by atoms with Gasteiger partial charge < -0.3 is 14.4 Å². The lowest BCUT2D eigenvalue weighted by Crippen LogP contribution is -2.46. The maximum atomic E-state index is 13.4. The van der Waals surface area contributed by atoms with Gasteiger partial charge >= 0.3 is 0 Å². The molecule has 0 saturated carbocycles. The quantitative estimate of drug-likeness (QED) is 0.829. The lowest BCUT2D eigenvalue weighted by Gasteiger charge is -2.36. The Bertz CT molecular complexity index is 739. The van der Waals surface area contributed by atoms with Crippen LogP contribution in [0.2, 0.25) is 0 Å². The molecule has 3 rings (SSSR count). The van der Waals surface area contributed by atoms with Gasteiger partial charge in [-0.25, -0.2) is 9.07 Å². The first kappa shape index (κ1) is 17.5. The predicted octanol–water partition coefficient (Wildman–Crippen LogP) is 2.21. The van der Waals surface area contributed by atoms with E-state index >= 15 is 0 Å². The second-order valence-electron chi connectivity index (χ2n) is 6.28. The minimum atomic E-state index is -0.279. The minimum absolute atomic E-state index is 0.279. The smallest absolute Gasteiger partial charge is 0.216 e. The van der Waals surface area contributed by atoms with Gasteiger partial charge in [-0.2, -0.15) is 5.10 Å². The molecule has 2 aromatic rings. The van der Waals surface area contributed by atoms with E-state index in [0.717, 1.165) is 55.5 Å². The van der Waals surface area contributed by atoms with Crippen molar-refractivity contribution in [2.45, 2.75) is 13.5 Å². The van der Waals surface area contributed by atoms with Gasteiger partial charge in [0.2, 0.25) is 5.88 Å². The van der Waals surface area contributed by atoms with E-state index < -0.39 is 0 Å². The zero-order valence-electron chi connectivity index (χ0n) is 15.3. The molecule has 1 aliphatic heterocycles. The number of ether oxygens (including phenoxy) is 2. The number of piperazine rings is 1. The summed E-state index contributed by atoms with van der Waals surface area (Å²) in [6.07, 6.45) is 0. The average Bonchev–Trinajstić information content (AvgIpc) is 2.88. The molecular weight excluding hydrogens is 323 g/mol. The summed E-state index contributed by atoms with van der Waals surface area (Å²) in [7, 11) is 5.15. The standard InChI is InChI=1S/C18H25FN4O2/c1-13-15(18(25-4)21(2)20-13)12-22-7-9-23(10-8-22)16-6-5-14(19)11-17(16)24-3/h5-6,11H,7-10,12H2,1-4H3. The molecule has 0 amide bonds. The molecule has 0 N–H and O–H groups in total. The summed E-state index contributed by atoms with van der Waals surface area (Å²) in [5.74, 6) is 1.12. The predicted molar refractivity (Wildman–Crippen MR) is 94.9 cm³/mol. The average molecular weight is 348 g/mol. The lowest BCUT2D eigenvalue weighted by molar-refractivity contribution is 0.244. The highest BCUT2D eigenvalue weighted by Crippen LogP contribution is 2.30. The topological polar surface area (TPSA) is 42.8 Å². The number of benzene rings is 1. The van der Waals surface area contributed by atoms with Crippen molar-refractivity contribution in [2.24, 2.45) is 7.05 Å². The fourth-order valence-corrected chi connectivity index (χ4v) is 3.40. The molecule has 136 valence electrons. The summed E-state index contributed by atoms with van der Waals surface area (Å²) >= 11 is 0. The van der Waals surface area contributed by atoms with E-state index in [4.69, 9.17) is 9.47 Å². The van der Waals surface area contributed by atoms with Crippen LogP contribution in [0.25, 0.3) is 0 Å². The van der Waals surface area contributed by atoms with Crippen molar-refractivity contribution in [3.05, 3.63) is 35.3 Å². The van der Waals surface area contributed by atoms with Crippen LogP contribution in [0.5, 0.6) is 11.6 Å². The Kier molecular flexibility index (Phi) is 5.13. The molecule has 0 radical (unpaired) electrons. The van der Waals surface area contributed by atoms with Crippen LogP contribution in [0.15, 0.2) is 18.2 Å². The molecule has 1 saturated heterocycles. The Hall–Kier alpha value is -2.28. The first-order valence-corrected chi connectivity index (χ1v) is 8.40. The van der Waals surface area contributed by atoms with E-state index in [0.29, 0.717) is 5.75 Å². The van der Waals surface area contributed by atoms with Crippen molar-refractivity contribution < 1.29 is 13.9 Å².